The van der Waals surface area contributed by atoms with E-state index < -0.39 is 19.0 Å². The quantitative estimate of drug-likeness (QED) is 0.516. The topological polar surface area (TPSA) is 26.2 Å². The number of alkyl halides is 2. The van der Waals surface area contributed by atoms with Crippen LogP contribution in [0.2, 0.25) is 0 Å². The molecule has 0 atom stereocenters. The smallest absolute Gasteiger partial charge is 0.282 e. The van der Waals surface area contributed by atoms with Crippen molar-refractivity contribution in [1.82, 2.24) is 4.57 Å². The van der Waals surface area contributed by atoms with Crippen molar-refractivity contribution in [2.75, 3.05) is 19.0 Å². The van der Waals surface area contributed by atoms with Crippen LogP contribution in [0.5, 0.6) is 5.75 Å². The lowest BCUT2D eigenvalue weighted by atomic mass is 9.92. The zero-order valence-corrected chi connectivity index (χ0v) is 16.0. The number of anilines is 1. The fourth-order valence-corrected chi connectivity index (χ4v) is 3.56. The van der Waals surface area contributed by atoms with Crippen molar-refractivity contribution < 1.29 is 13.5 Å². The summed E-state index contributed by atoms with van der Waals surface area (Å²) in [5, 5.41) is 4.42. The molecule has 0 saturated carbocycles. The van der Waals surface area contributed by atoms with Crippen LogP contribution >= 0.6 is 0 Å². The van der Waals surface area contributed by atoms with Crippen LogP contribution in [0.4, 0.5) is 14.5 Å². The maximum Gasteiger partial charge on any atom is 0.282 e. The number of benzene rings is 3. The van der Waals surface area contributed by atoms with E-state index in [0.29, 0.717) is 33.4 Å². The van der Waals surface area contributed by atoms with Gasteiger partial charge in [-0.3, -0.25) is 0 Å². The van der Waals surface area contributed by atoms with Crippen molar-refractivity contribution in [3.8, 4) is 5.75 Å². The first kappa shape index (κ1) is 19.4. The first-order valence-corrected chi connectivity index (χ1v) is 9.19. The van der Waals surface area contributed by atoms with Gasteiger partial charge in [-0.25, -0.2) is 8.78 Å². The van der Waals surface area contributed by atoms with Crippen molar-refractivity contribution in [2.45, 2.75) is 12.5 Å². The van der Waals surface area contributed by atoms with Gasteiger partial charge in [0.15, 0.2) is 0 Å². The predicted octanol–water partition coefficient (Wildman–Crippen LogP) is 3.14. The van der Waals surface area contributed by atoms with Crippen molar-refractivity contribution >= 4 is 54.1 Å². The number of rotatable bonds is 6. The Balaban J connectivity index is 1.66. The van der Waals surface area contributed by atoms with E-state index in [1.165, 1.54) is 7.11 Å². The predicted molar refractivity (Wildman–Crippen MR) is 117 cm³/mol. The van der Waals surface area contributed by atoms with Crippen LogP contribution in [0.1, 0.15) is 0 Å². The molecule has 0 fully saturated rings. The highest BCUT2D eigenvalue weighted by Crippen LogP contribution is 2.30. The number of ether oxygens (including phenoxy) is 1. The third-order valence-electron chi connectivity index (χ3n) is 4.92. The van der Waals surface area contributed by atoms with Gasteiger partial charge in [0.1, 0.15) is 21.4 Å². The number of halogens is 2. The number of nitrogens with zero attached hydrogens (tertiary/aromatic N) is 1. The summed E-state index contributed by atoms with van der Waals surface area (Å²) in [6.45, 7) is -0.983. The van der Waals surface area contributed by atoms with E-state index >= 15 is 0 Å². The Labute approximate surface area is 170 Å². The molecular formula is C22H18B2F2N2O. The number of aromatic nitrogens is 1. The number of fused-ring (bicyclic) bond motifs is 3. The molecule has 1 aromatic heterocycles. The molecule has 0 saturated heterocycles. The Morgan fingerprint density at radius 3 is 2.14 bits per heavy atom. The fourth-order valence-electron chi connectivity index (χ4n) is 3.56. The van der Waals surface area contributed by atoms with Crippen molar-refractivity contribution in [1.29, 1.82) is 0 Å². The Kier molecular flexibility index (Phi) is 4.99. The van der Waals surface area contributed by atoms with Gasteiger partial charge in [-0.05, 0) is 24.3 Å². The lowest BCUT2D eigenvalue weighted by molar-refractivity contribution is -0.000157. The Morgan fingerprint density at radius 2 is 1.55 bits per heavy atom. The summed E-state index contributed by atoms with van der Waals surface area (Å²) < 4.78 is 36.6. The van der Waals surface area contributed by atoms with E-state index in [9.17, 15) is 8.78 Å². The number of nitrogens with one attached hydrogen (secondary N) is 1. The summed E-state index contributed by atoms with van der Waals surface area (Å²) in [4.78, 5) is 0. The average Bonchev–Trinajstić information content (AvgIpc) is 2.98. The van der Waals surface area contributed by atoms with Gasteiger partial charge < -0.3 is 14.6 Å². The fraction of sp³-hybridized carbons (Fsp3) is 0.182. The Morgan fingerprint density at radius 1 is 0.931 bits per heavy atom. The second kappa shape index (κ2) is 7.47. The van der Waals surface area contributed by atoms with Crippen LogP contribution in [0.15, 0.2) is 60.7 Å². The van der Waals surface area contributed by atoms with E-state index in [4.69, 9.17) is 20.4 Å². The summed E-state index contributed by atoms with van der Waals surface area (Å²) >= 11 is 0. The molecule has 3 aromatic carbocycles. The van der Waals surface area contributed by atoms with Crippen molar-refractivity contribution in [3.63, 3.8) is 0 Å². The average molecular weight is 386 g/mol. The van der Waals surface area contributed by atoms with Crippen molar-refractivity contribution in [2.24, 2.45) is 0 Å². The summed E-state index contributed by atoms with van der Waals surface area (Å²) in [6, 6.07) is 17.5. The molecule has 4 rings (SSSR count). The first-order chi connectivity index (χ1) is 13.9. The van der Waals surface area contributed by atoms with E-state index in [1.807, 2.05) is 0 Å². The Hall–Kier alpha value is -2.95. The second-order valence-corrected chi connectivity index (χ2v) is 7.08. The van der Waals surface area contributed by atoms with Gasteiger partial charge >= 0.3 is 0 Å². The number of hydrogen-bond donors (Lipinski definition) is 1. The highest BCUT2D eigenvalue weighted by Gasteiger charge is 2.31. The molecule has 0 unspecified atom stereocenters. The van der Waals surface area contributed by atoms with E-state index in [2.05, 4.69) is 5.32 Å². The molecule has 1 N–H and O–H groups in total. The van der Waals surface area contributed by atoms with Gasteiger partial charge in [0.05, 0.1) is 20.2 Å². The van der Waals surface area contributed by atoms with E-state index in [0.717, 1.165) is 10.8 Å². The molecule has 4 radical (unpaired) electrons. The molecule has 1 heterocycles. The lowest BCUT2D eigenvalue weighted by Gasteiger charge is -2.20. The van der Waals surface area contributed by atoms with Gasteiger partial charge in [-0.15, -0.1) is 0 Å². The maximum absolute atomic E-state index is 14.9. The van der Waals surface area contributed by atoms with Crippen LogP contribution in [0, 0.1) is 0 Å². The van der Waals surface area contributed by atoms with Gasteiger partial charge in [0.25, 0.3) is 5.92 Å². The molecule has 0 aliphatic heterocycles. The molecule has 0 bridgehead atoms. The molecule has 0 aliphatic carbocycles. The maximum atomic E-state index is 14.9. The largest absolute Gasteiger partial charge is 0.497 e. The summed E-state index contributed by atoms with van der Waals surface area (Å²) in [6.07, 6.45) is 0. The lowest BCUT2D eigenvalue weighted by Crippen LogP contribution is -2.32. The zero-order chi connectivity index (χ0) is 20.6. The normalized spacial score (nSPS) is 11.8. The van der Waals surface area contributed by atoms with Crippen LogP contribution in [0.25, 0.3) is 21.8 Å². The third-order valence-corrected chi connectivity index (χ3v) is 4.92. The van der Waals surface area contributed by atoms with E-state index in [-0.39, 0.29) is 0 Å². The molecule has 7 heteroatoms. The number of hydrogen-bond acceptors (Lipinski definition) is 2. The minimum absolute atomic E-state index is 0.474. The molecule has 4 aromatic rings. The molecule has 142 valence electrons. The molecule has 0 spiro atoms. The molecule has 29 heavy (non-hydrogen) atoms. The van der Waals surface area contributed by atoms with Crippen LogP contribution in [-0.4, -0.2) is 39.8 Å². The summed E-state index contributed by atoms with van der Waals surface area (Å²) in [7, 11) is 13.4. The highest BCUT2D eigenvalue weighted by atomic mass is 19.3. The summed E-state index contributed by atoms with van der Waals surface area (Å²) in [5.74, 6) is -2.39. The SMILES string of the molecule is [B]c1ccc2c(c1)c1cc([B])ccc1n2CC(F)(F)CNc1cccc(OC)c1. The van der Waals surface area contributed by atoms with Gasteiger partial charge in [-0.1, -0.05) is 41.3 Å². The third kappa shape index (κ3) is 3.95. The van der Waals surface area contributed by atoms with Gasteiger partial charge in [0, 0.05) is 33.6 Å². The molecule has 0 aliphatic rings. The summed E-state index contributed by atoms with van der Waals surface area (Å²) in [5.41, 5.74) is 3.12. The monoisotopic (exact) mass is 386 g/mol. The van der Waals surface area contributed by atoms with Gasteiger partial charge in [0.2, 0.25) is 0 Å². The standard InChI is InChI=1S/C22H18B2F2N2O/c1-29-17-4-2-3-16(11-17)27-12-22(25,26)13-28-20-7-5-14(23)9-18(20)19-10-15(24)6-8-21(19)28/h2-11,27H,12-13H2,1H3. The minimum Gasteiger partial charge on any atom is -0.497 e. The van der Waals surface area contributed by atoms with Gasteiger partial charge in [-0.2, -0.15) is 0 Å². The highest BCUT2D eigenvalue weighted by molar-refractivity contribution is 6.35. The number of methoxy groups -OCH3 is 1. The van der Waals surface area contributed by atoms with Crippen LogP contribution < -0.4 is 21.0 Å². The molecule has 0 amide bonds. The first-order valence-electron chi connectivity index (χ1n) is 9.19. The molecular weight excluding hydrogens is 368 g/mol. The Bertz CT molecular complexity index is 1130. The second-order valence-electron chi connectivity index (χ2n) is 7.08. The minimum atomic E-state index is -3.00. The zero-order valence-electron chi connectivity index (χ0n) is 16.0. The van der Waals surface area contributed by atoms with Crippen LogP contribution in [-0.2, 0) is 6.54 Å². The van der Waals surface area contributed by atoms with Crippen LogP contribution in [0.3, 0.4) is 0 Å². The molecule has 3 nitrogen and oxygen atoms in total. The van der Waals surface area contributed by atoms with E-state index in [1.54, 1.807) is 65.2 Å². The van der Waals surface area contributed by atoms with Crippen molar-refractivity contribution in [3.05, 3.63) is 60.7 Å².